The minimum atomic E-state index is -3.30. The fraction of sp³-hybridized carbons (Fsp3) is 0.333. The van der Waals surface area contributed by atoms with Gasteiger partial charge in [0.2, 0.25) is 10.0 Å². The largest absolute Gasteiger partial charge is 0.352 e. The molecule has 1 N–H and O–H groups in total. The Morgan fingerprint density at radius 2 is 2.08 bits per heavy atom. The zero-order valence-corrected chi connectivity index (χ0v) is 15.8. The SMILES string of the molecule is O=C(NCCc1ccccn1)c1ccc(N2CCCCS2(=O)=O)cc1Cl. The van der Waals surface area contributed by atoms with Crippen molar-refractivity contribution in [2.45, 2.75) is 19.3 Å². The fourth-order valence-corrected chi connectivity index (χ4v) is 4.76. The van der Waals surface area contributed by atoms with Crippen molar-refractivity contribution >= 4 is 33.2 Å². The maximum absolute atomic E-state index is 12.3. The summed E-state index contributed by atoms with van der Waals surface area (Å²) in [5, 5.41) is 3.04. The topological polar surface area (TPSA) is 79.4 Å². The van der Waals surface area contributed by atoms with Crippen LogP contribution in [-0.2, 0) is 16.4 Å². The maximum atomic E-state index is 12.3. The summed E-state index contributed by atoms with van der Waals surface area (Å²) in [5.74, 6) is -0.153. The lowest BCUT2D eigenvalue weighted by Gasteiger charge is -2.28. The molecule has 1 aliphatic rings. The molecule has 3 rings (SSSR count). The minimum Gasteiger partial charge on any atom is -0.352 e. The molecule has 1 aromatic carbocycles. The molecule has 6 nitrogen and oxygen atoms in total. The van der Waals surface area contributed by atoms with E-state index in [-0.39, 0.29) is 16.7 Å². The van der Waals surface area contributed by atoms with Gasteiger partial charge >= 0.3 is 0 Å². The zero-order valence-electron chi connectivity index (χ0n) is 14.2. The smallest absolute Gasteiger partial charge is 0.252 e. The van der Waals surface area contributed by atoms with Crippen LogP contribution in [0.4, 0.5) is 5.69 Å². The summed E-state index contributed by atoms with van der Waals surface area (Å²) in [4.78, 5) is 16.5. The lowest BCUT2D eigenvalue weighted by Crippen LogP contribution is -2.37. The molecule has 0 unspecified atom stereocenters. The average molecular weight is 394 g/mol. The van der Waals surface area contributed by atoms with Crippen LogP contribution in [0.25, 0.3) is 0 Å². The Balaban J connectivity index is 1.66. The molecule has 1 aromatic heterocycles. The van der Waals surface area contributed by atoms with Gasteiger partial charge in [0.05, 0.1) is 22.0 Å². The van der Waals surface area contributed by atoms with E-state index < -0.39 is 10.0 Å². The Bertz CT molecular complexity index is 888. The van der Waals surface area contributed by atoms with E-state index in [1.165, 1.54) is 10.4 Å². The number of carbonyl (C=O) groups is 1. The first-order valence-electron chi connectivity index (χ1n) is 8.45. The highest BCUT2D eigenvalue weighted by molar-refractivity contribution is 7.92. The quantitative estimate of drug-likeness (QED) is 0.846. The van der Waals surface area contributed by atoms with Gasteiger partial charge in [-0.05, 0) is 43.2 Å². The summed E-state index contributed by atoms with van der Waals surface area (Å²) in [5.41, 5.74) is 1.72. The monoisotopic (exact) mass is 393 g/mol. The van der Waals surface area contributed by atoms with Gasteiger partial charge in [-0.25, -0.2) is 8.42 Å². The molecule has 1 amide bonds. The van der Waals surface area contributed by atoms with Gasteiger partial charge in [-0.15, -0.1) is 0 Å². The number of anilines is 1. The van der Waals surface area contributed by atoms with E-state index >= 15 is 0 Å². The van der Waals surface area contributed by atoms with Gasteiger partial charge in [-0.1, -0.05) is 17.7 Å². The Morgan fingerprint density at radius 3 is 2.77 bits per heavy atom. The van der Waals surface area contributed by atoms with Crippen molar-refractivity contribution in [1.29, 1.82) is 0 Å². The van der Waals surface area contributed by atoms with Crippen molar-refractivity contribution in [2.24, 2.45) is 0 Å². The second-order valence-corrected chi connectivity index (χ2v) is 8.51. The van der Waals surface area contributed by atoms with Crippen LogP contribution in [0.5, 0.6) is 0 Å². The van der Waals surface area contributed by atoms with Crippen molar-refractivity contribution in [3.8, 4) is 0 Å². The standard InChI is InChI=1S/C18H20ClN3O3S/c19-17-13-15(22-11-3-4-12-26(22,24)25)6-7-16(17)18(23)21-10-8-14-5-1-2-9-20-14/h1-2,5-7,9,13H,3-4,8,10-12H2,(H,21,23). The predicted octanol–water partition coefficient (Wildman–Crippen LogP) is 2.64. The van der Waals surface area contributed by atoms with Crippen LogP contribution in [0.2, 0.25) is 5.02 Å². The fourth-order valence-electron chi connectivity index (χ4n) is 2.87. The summed E-state index contributed by atoms with van der Waals surface area (Å²) in [6.07, 6.45) is 3.81. The number of hydrogen-bond donors (Lipinski definition) is 1. The Morgan fingerprint density at radius 1 is 1.23 bits per heavy atom. The van der Waals surface area contributed by atoms with Gasteiger partial charge in [0.15, 0.2) is 0 Å². The number of sulfonamides is 1. The van der Waals surface area contributed by atoms with Crippen molar-refractivity contribution < 1.29 is 13.2 Å². The lowest BCUT2D eigenvalue weighted by atomic mass is 10.1. The van der Waals surface area contributed by atoms with Crippen molar-refractivity contribution in [3.63, 3.8) is 0 Å². The first-order chi connectivity index (χ1) is 12.5. The third-order valence-electron chi connectivity index (χ3n) is 4.23. The molecule has 1 saturated heterocycles. The molecule has 0 radical (unpaired) electrons. The summed E-state index contributed by atoms with van der Waals surface area (Å²) >= 11 is 6.24. The molecule has 8 heteroatoms. The molecule has 2 heterocycles. The van der Waals surface area contributed by atoms with E-state index in [4.69, 9.17) is 11.6 Å². The number of benzene rings is 1. The number of pyridine rings is 1. The van der Waals surface area contributed by atoms with Crippen LogP contribution in [-0.4, -0.2) is 38.2 Å². The lowest BCUT2D eigenvalue weighted by molar-refractivity contribution is 0.0954. The second kappa shape index (κ2) is 8.05. The van der Waals surface area contributed by atoms with E-state index in [2.05, 4.69) is 10.3 Å². The van der Waals surface area contributed by atoms with E-state index in [0.717, 1.165) is 12.1 Å². The first-order valence-corrected chi connectivity index (χ1v) is 10.4. The van der Waals surface area contributed by atoms with Crippen molar-refractivity contribution in [1.82, 2.24) is 10.3 Å². The third kappa shape index (κ3) is 4.34. The molecular weight excluding hydrogens is 374 g/mol. The predicted molar refractivity (Wildman–Crippen MR) is 102 cm³/mol. The Labute approximate surface area is 158 Å². The number of halogens is 1. The van der Waals surface area contributed by atoms with Gasteiger partial charge in [0, 0.05) is 31.4 Å². The molecule has 0 atom stereocenters. The third-order valence-corrected chi connectivity index (χ3v) is 6.41. The number of amides is 1. The number of hydrogen-bond acceptors (Lipinski definition) is 4. The maximum Gasteiger partial charge on any atom is 0.252 e. The van der Waals surface area contributed by atoms with Crippen LogP contribution in [0.1, 0.15) is 28.9 Å². The van der Waals surface area contributed by atoms with Crippen molar-refractivity contribution in [3.05, 3.63) is 58.9 Å². The molecule has 0 aliphatic carbocycles. The number of rotatable bonds is 5. The molecule has 0 spiro atoms. The van der Waals surface area contributed by atoms with Gasteiger partial charge in [-0.3, -0.25) is 14.1 Å². The molecule has 2 aromatic rings. The summed E-state index contributed by atoms with van der Waals surface area (Å²) < 4.78 is 25.7. The zero-order chi connectivity index (χ0) is 18.6. The van der Waals surface area contributed by atoms with Crippen LogP contribution >= 0.6 is 11.6 Å². The van der Waals surface area contributed by atoms with Crippen LogP contribution in [0.15, 0.2) is 42.6 Å². The molecule has 1 aliphatic heterocycles. The van der Waals surface area contributed by atoms with Crippen LogP contribution in [0, 0.1) is 0 Å². The highest BCUT2D eigenvalue weighted by Crippen LogP contribution is 2.28. The van der Waals surface area contributed by atoms with Gasteiger partial charge in [-0.2, -0.15) is 0 Å². The van der Waals surface area contributed by atoms with Gasteiger partial charge in [0.1, 0.15) is 0 Å². The molecular formula is C18H20ClN3O3S. The summed E-state index contributed by atoms with van der Waals surface area (Å²) in [6, 6.07) is 10.4. The average Bonchev–Trinajstić information content (AvgIpc) is 2.62. The molecule has 138 valence electrons. The number of nitrogens with one attached hydrogen (secondary N) is 1. The molecule has 0 saturated carbocycles. The van der Waals surface area contributed by atoms with Crippen LogP contribution < -0.4 is 9.62 Å². The van der Waals surface area contributed by atoms with Gasteiger partial charge in [0.25, 0.3) is 5.91 Å². The van der Waals surface area contributed by atoms with Gasteiger partial charge < -0.3 is 5.32 Å². The second-order valence-electron chi connectivity index (χ2n) is 6.09. The highest BCUT2D eigenvalue weighted by atomic mass is 35.5. The Hall–Kier alpha value is -2.12. The van der Waals surface area contributed by atoms with E-state index in [1.54, 1.807) is 18.3 Å². The Kier molecular flexibility index (Phi) is 5.78. The number of carbonyl (C=O) groups excluding carboxylic acids is 1. The van der Waals surface area contributed by atoms with E-state index in [0.29, 0.717) is 37.2 Å². The normalized spacial score (nSPS) is 16.3. The van der Waals surface area contributed by atoms with Crippen LogP contribution in [0.3, 0.4) is 0 Å². The van der Waals surface area contributed by atoms with Crippen molar-refractivity contribution in [2.75, 3.05) is 23.1 Å². The number of nitrogens with zero attached hydrogens (tertiary/aromatic N) is 2. The molecule has 1 fully saturated rings. The minimum absolute atomic E-state index is 0.139. The summed E-state index contributed by atoms with van der Waals surface area (Å²) in [7, 11) is -3.30. The molecule has 26 heavy (non-hydrogen) atoms. The summed E-state index contributed by atoms with van der Waals surface area (Å²) in [6.45, 7) is 0.878. The molecule has 0 bridgehead atoms. The first kappa shape index (κ1) is 18.7. The number of aromatic nitrogens is 1. The van der Waals surface area contributed by atoms with E-state index in [9.17, 15) is 13.2 Å². The highest BCUT2D eigenvalue weighted by Gasteiger charge is 2.26. The van der Waals surface area contributed by atoms with E-state index in [1.807, 2.05) is 18.2 Å².